The van der Waals surface area contributed by atoms with E-state index in [1.807, 2.05) is 0 Å². The van der Waals surface area contributed by atoms with Crippen molar-refractivity contribution in [3.63, 3.8) is 0 Å². The van der Waals surface area contributed by atoms with Crippen molar-refractivity contribution in [2.45, 2.75) is 57.0 Å². The van der Waals surface area contributed by atoms with Crippen LogP contribution in [0.4, 0.5) is 5.69 Å². The maximum absolute atomic E-state index is 13.6. The smallest absolute Gasteiger partial charge is 0.247 e. The van der Waals surface area contributed by atoms with Gasteiger partial charge in [-0.2, -0.15) is 4.31 Å². The molecular formula is C21H30ClN3O5S. The van der Waals surface area contributed by atoms with Crippen LogP contribution in [-0.2, 0) is 19.6 Å². The van der Waals surface area contributed by atoms with Gasteiger partial charge in [0.1, 0.15) is 11.3 Å². The quantitative estimate of drug-likeness (QED) is 0.666. The molecule has 1 aliphatic heterocycles. The minimum Gasteiger partial charge on any atom is -0.495 e. The molecule has 10 heteroatoms. The average molecular weight is 472 g/mol. The zero-order valence-corrected chi connectivity index (χ0v) is 19.8. The van der Waals surface area contributed by atoms with Gasteiger partial charge in [0.15, 0.2) is 0 Å². The molecule has 0 radical (unpaired) electrons. The second kappa shape index (κ2) is 9.34. The minimum absolute atomic E-state index is 0.00126. The third kappa shape index (κ3) is 5.15. The number of piperazine rings is 1. The van der Waals surface area contributed by atoms with E-state index >= 15 is 0 Å². The van der Waals surface area contributed by atoms with Crippen LogP contribution >= 0.6 is 11.6 Å². The summed E-state index contributed by atoms with van der Waals surface area (Å²) in [5.74, 6) is -0.530. The second-order valence-electron chi connectivity index (χ2n) is 8.51. The van der Waals surface area contributed by atoms with Gasteiger partial charge in [0.05, 0.1) is 25.6 Å². The highest BCUT2D eigenvalue weighted by Gasteiger charge is 2.51. The van der Waals surface area contributed by atoms with Gasteiger partial charge in [0.2, 0.25) is 21.8 Å². The number of benzene rings is 1. The largest absolute Gasteiger partial charge is 0.495 e. The molecule has 0 unspecified atom stereocenters. The van der Waals surface area contributed by atoms with Crippen molar-refractivity contribution in [1.82, 2.24) is 9.62 Å². The highest BCUT2D eigenvalue weighted by Crippen LogP contribution is 2.38. The van der Waals surface area contributed by atoms with Crippen molar-refractivity contribution < 1.29 is 22.7 Å². The number of carbonyl (C=O) groups is 2. The van der Waals surface area contributed by atoms with Gasteiger partial charge in [-0.3, -0.25) is 14.5 Å². The van der Waals surface area contributed by atoms with E-state index in [0.717, 1.165) is 49.1 Å². The Morgan fingerprint density at radius 2 is 1.87 bits per heavy atom. The average Bonchev–Trinajstić information content (AvgIpc) is 2.95. The normalized spacial score (nSPS) is 24.0. The molecule has 0 aromatic heterocycles. The Kier molecular flexibility index (Phi) is 7.18. The van der Waals surface area contributed by atoms with Crippen LogP contribution in [0.3, 0.4) is 0 Å². The van der Waals surface area contributed by atoms with Gasteiger partial charge in [-0.15, -0.1) is 0 Å². The number of sulfonamides is 1. The number of nitrogens with zero attached hydrogens (tertiary/aromatic N) is 2. The van der Waals surface area contributed by atoms with Crippen LogP contribution in [0.1, 0.15) is 45.4 Å². The number of carbonyl (C=O) groups excluding carboxylic acids is 2. The monoisotopic (exact) mass is 471 g/mol. The standard InChI is InChI=1S/C21H30ClN3O5S/c1-21(20(27)23-16-8-6-4-5-7-9-16)14-24(31(3,28)29)13-19(26)25(21)17-12-15(22)10-11-18(17)30-2/h10-12,16H,4-9,13-14H2,1-3H3,(H,23,27)/t21-/m0/s1. The molecule has 1 atom stereocenters. The maximum atomic E-state index is 13.6. The molecule has 8 nitrogen and oxygen atoms in total. The van der Waals surface area contributed by atoms with Crippen LogP contribution in [0.15, 0.2) is 18.2 Å². The summed E-state index contributed by atoms with van der Waals surface area (Å²) in [5, 5.41) is 3.46. The Hall–Kier alpha value is -1.84. The van der Waals surface area contributed by atoms with Gasteiger partial charge >= 0.3 is 0 Å². The van der Waals surface area contributed by atoms with Gasteiger partial charge in [-0.05, 0) is 38.0 Å². The summed E-state index contributed by atoms with van der Waals surface area (Å²) in [6.45, 7) is 1.07. The van der Waals surface area contributed by atoms with Crippen molar-refractivity contribution in [1.29, 1.82) is 0 Å². The maximum Gasteiger partial charge on any atom is 0.247 e. The number of methoxy groups -OCH3 is 1. The molecule has 2 fully saturated rings. The minimum atomic E-state index is -3.68. The second-order valence-corrected chi connectivity index (χ2v) is 10.9. The van der Waals surface area contributed by atoms with Crippen LogP contribution in [0.5, 0.6) is 5.75 Å². The summed E-state index contributed by atoms with van der Waals surface area (Å²) in [6, 6.07) is 4.81. The van der Waals surface area contributed by atoms with E-state index in [-0.39, 0.29) is 25.0 Å². The van der Waals surface area contributed by atoms with E-state index in [1.165, 1.54) is 12.0 Å². The number of ether oxygens (including phenoxy) is 1. The van der Waals surface area contributed by atoms with Crippen LogP contribution in [0.25, 0.3) is 0 Å². The van der Waals surface area contributed by atoms with Gasteiger partial charge < -0.3 is 10.1 Å². The van der Waals surface area contributed by atoms with Gasteiger partial charge in [0, 0.05) is 17.6 Å². The van der Waals surface area contributed by atoms with Crippen LogP contribution in [0.2, 0.25) is 5.02 Å². The number of rotatable bonds is 5. The van der Waals surface area contributed by atoms with Crippen molar-refractivity contribution in [2.24, 2.45) is 0 Å². The Bertz CT molecular complexity index is 946. The molecule has 0 bridgehead atoms. The number of amides is 2. The fourth-order valence-electron chi connectivity index (χ4n) is 4.38. The summed E-state index contributed by atoms with van der Waals surface area (Å²) >= 11 is 6.19. The number of anilines is 1. The Morgan fingerprint density at radius 1 is 1.23 bits per heavy atom. The Labute approximate surface area is 188 Å². The van der Waals surface area contributed by atoms with E-state index in [2.05, 4.69) is 5.32 Å². The topological polar surface area (TPSA) is 96.0 Å². The first-order valence-corrected chi connectivity index (χ1v) is 12.7. The lowest BCUT2D eigenvalue weighted by molar-refractivity contribution is -0.133. The molecule has 1 aliphatic carbocycles. The first-order valence-electron chi connectivity index (χ1n) is 10.5. The molecule has 0 spiro atoms. The third-order valence-electron chi connectivity index (χ3n) is 6.07. The zero-order chi connectivity index (χ0) is 22.8. The van der Waals surface area contributed by atoms with E-state index in [0.29, 0.717) is 16.5 Å². The van der Waals surface area contributed by atoms with E-state index in [4.69, 9.17) is 16.3 Å². The highest BCUT2D eigenvalue weighted by molar-refractivity contribution is 7.88. The molecule has 1 saturated heterocycles. The molecule has 31 heavy (non-hydrogen) atoms. The molecule has 1 heterocycles. The SMILES string of the molecule is COc1ccc(Cl)cc1N1C(=O)CN(S(C)(=O)=O)C[C@@]1(C)C(=O)NC1CCCCCC1. The molecule has 172 valence electrons. The Balaban J connectivity index is 2.03. The van der Waals surface area contributed by atoms with Gasteiger partial charge in [-0.25, -0.2) is 8.42 Å². The summed E-state index contributed by atoms with van der Waals surface area (Å²) in [6.07, 6.45) is 7.10. The van der Waals surface area contributed by atoms with Crippen LogP contribution < -0.4 is 15.0 Å². The first-order chi connectivity index (χ1) is 14.6. The molecule has 1 aromatic rings. The number of hydrogen-bond acceptors (Lipinski definition) is 5. The lowest BCUT2D eigenvalue weighted by atomic mass is 9.93. The number of nitrogens with one attached hydrogen (secondary N) is 1. The van der Waals surface area contributed by atoms with Crippen molar-refractivity contribution in [2.75, 3.05) is 31.4 Å². The van der Waals surface area contributed by atoms with E-state index in [1.54, 1.807) is 25.1 Å². The van der Waals surface area contributed by atoms with Crippen LogP contribution in [-0.4, -0.2) is 62.6 Å². The van der Waals surface area contributed by atoms with E-state index < -0.39 is 21.5 Å². The first kappa shape index (κ1) is 23.8. The molecular weight excluding hydrogens is 442 g/mol. The van der Waals surface area contributed by atoms with Crippen LogP contribution in [0, 0.1) is 0 Å². The third-order valence-corrected chi connectivity index (χ3v) is 7.50. The van der Waals surface area contributed by atoms with Crippen molar-refractivity contribution in [3.05, 3.63) is 23.2 Å². The highest BCUT2D eigenvalue weighted by atomic mass is 35.5. The Morgan fingerprint density at radius 3 is 2.45 bits per heavy atom. The van der Waals surface area contributed by atoms with Gasteiger partial charge in [0.25, 0.3) is 0 Å². The number of halogens is 1. The molecule has 1 N–H and O–H groups in total. The molecule has 1 aromatic carbocycles. The van der Waals surface area contributed by atoms with Crippen molar-refractivity contribution >= 4 is 39.1 Å². The fourth-order valence-corrected chi connectivity index (χ4v) is 5.37. The predicted molar refractivity (Wildman–Crippen MR) is 120 cm³/mol. The summed E-state index contributed by atoms with van der Waals surface area (Å²) in [4.78, 5) is 28.2. The molecule has 2 aliphatic rings. The molecule has 2 amide bonds. The summed E-state index contributed by atoms with van der Waals surface area (Å²) in [7, 11) is -2.22. The zero-order valence-electron chi connectivity index (χ0n) is 18.2. The summed E-state index contributed by atoms with van der Waals surface area (Å²) in [5.41, 5.74) is -1.13. The number of hydrogen-bond donors (Lipinski definition) is 1. The lowest BCUT2D eigenvalue weighted by Gasteiger charge is -2.47. The molecule has 3 rings (SSSR count). The predicted octanol–water partition coefficient (Wildman–Crippen LogP) is 2.55. The van der Waals surface area contributed by atoms with E-state index in [9.17, 15) is 18.0 Å². The fraction of sp³-hybridized carbons (Fsp3) is 0.619. The summed E-state index contributed by atoms with van der Waals surface area (Å²) < 4.78 is 31.0. The lowest BCUT2D eigenvalue weighted by Crippen LogP contribution is -2.70. The van der Waals surface area contributed by atoms with Gasteiger partial charge in [-0.1, -0.05) is 37.3 Å². The molecule has 1 saturated carbocycles. The van der Waals surface area contributed by atoms with Crippen molar-refractivity contribution in [3.8, 4) is 5.75 Å².